The number of aromatic nitrogens is 1. The Bertz CT molecular complexity index is 648. The quantitative estimate of drug-likeness (QED) is 0.897. The van der Waals surface area contributed by atoms with Crippen molar-refractivity contribution in [2.24, 2.45) is 0 Å². The number of nitrogens with one attached hydrogen (secondary N) is 1. The molecule has 2 aromatic rings. The molecule has 0 unspecified atom stereocenters. The van der Waals surface area contributed by atoms with E-state index >= 15 is 0 Å². The van der Waals surface area contributed by atoms with Gasteiger partial charge in [-0.05, 0) is 67.1 Å². The van der Waals surface area contributed by atoms with Crippen LogP contribution in [0.4, 0.5) is 11.4 Å². The van der Waals surface area contributed by atoms with Crippen molar-refractivity contribution in [2.75, 3.05) is 23.3 Å². The number of hydrogen-bond donors (Lipinski definition) is 1. The number of piperidine rings is 1. The Morgan fingerprint density at radius 2 is 1.75 bits per heavy atom. The van der Waals surface area contributed by atoms with Gasteiger partial charge in [-0.25, -0.2) is 0 Å². The molecule has 1 amide bonds. The first-order valence-electron chi connectivity index (χ1n) is 8.77. The predicted octanol–water partition coefficient (Wildman–Crippen LogP) is 4.20. The average Bonchev–Trinajstić information content (AvgIpc) is 2.64. The van der Waals surface area contributed by atoms with Crippen LogP contribution in [0.15, 0.2) is 48.8 Å². The number of benzene rings is 1. The van der Waals surface area contributed by atoms with E-state index in [1.807, 2.05) is 24.3 Å². The Kier molecular flexibility index (Phi) is 5.47. The largest absolute Gasteiger partial charge is 0.372 e. The molecule has 1 atom stereocenters. The molecule has 0 bridgehead atoms. The van der Waals surface area contributed by atoms with Gasteiger partial charge in [0.1, 0.15) is 0 Å². The Balaban J connectivity index is 1.54. The average molecular weight is 323 g/mol. The van der Waals surface area contributed by atoms with E-state index in [4.69, 9.17) is 0 Å². The third-order valence-corrected chi connectivity index (χ3v) is 4.64. The second kappa shape index (κ2) is 7.95. The number of carbonyl (C=O) groups is 1. The zero-order valence-corrected chi connectivity index (χ0v) is 14.2. The summed E-state index contributed by atoms with van der Waals surface area (Å²) < 4.78 is 0. The van der Waals surface area contributed by atoms with Crippen molar-refractivity contribution in [2.45, 2.75) is 38.5 Å². The van der Waals surface area contributed by atoms with Gasteiger partial charge < -0.3 is 10.2 Å². The van der Waals surface area contributed by atoms with E-state index in [2.05, 4.69) is 34.3 Å². The molecule has 1 aliphatic rings. The van der Waals surface area contributed by atoms with E-state index in [9.17, 15) is 4.79 Å². The highest BCUT2D eigenvalue weighted by molar-refractivity contribution is 5.91. The Labute approximate surface area is 143 Å². The zero-order valence-electron chi connectivity index (χ0n) is 14.2. The van der Waals surface area contributed by atoms with Crippen molar-refractivity contribution >= 4 is 17.3 Å². The minimum absolute atomic E-state index is 0.0463. The standard InChI is InChI=1S/C20H25N3O/c1-16(17-9-11-21-12-10-17)15-20(24)22-18-5-7-19(8-6-18)23-13-3-2-4-14-23/h5-12,16H,2-4,13-15H2,1H3,(H,22,24)/t16-/m0/s1. The summed E-state index contributed by atoms with van der Waals surface area (Å²) in [6, 6.07) is 12.1. The third kappa shape index (κ3) is 4.34. The Morgan fingerprint density at radius 3 is 2.42 bits per heavy atom. The van der Waals surface area contributed by atoms with Crippen LogP contribution in [0, 0.1) is 0 Å². The van der Waals surface area contributed by atoms with Crippen LogP contribution >= 0.6 is 0 Å². The van der Waals surface area contributed by atoms with Crippen LogP contribution < -0.4 is 10.2 Å². The monoisotopic (exact) mass is 323 g/mol. The van der Waals surface area contributed by atoms with Crippen molar-refractivity contribution in [3.05, 3.63) is 54.4 Å². The predicted molar refractivity (Wildman–Crippen MR) is 98.4 cm³/mol. The van der Waals surface area contributed by atoms with E-state index in [0.29, 0.717) is 6.42 Å². The maximum absolute atomic E-state index is 12.2. The van der Waals surface area contributed by atoms with Crippen molar-refractivity contribution < 1.29 is 4.79 Å². The lowest BCUT2D eigenvalue weighted by Crippen LogP contribution is -2.29. The summed E-state index contributed by atoms with van der Waals surface area (Å²) in [6.07, 6.45) is 7.88. The molecule has 24 heavy (non-hydrogen) atoms. The van der Waals surface area contributed by atoms with Crippen LogP contribution in [0.25, 0.3) is 0 Å². The number of nitrogens with zero attached hydrogens (tertiary/aromatic N) is 2. The molecule has 4 heteroatoms. The molecular formula is C20H25N3O. The molecule has 3 rings (SSSR count). The van der Waals surface area contributed by atoms with Gasteiger partial charge in [0.25, 0.3) is 0 Å². The van der Waals surface area contributed by atoms with Gasteiger partial charge in [0.15, 0.2) is 0 Å². The number of anilines is 2. The van der Waals surface area contributed by atoms with Gasteiger partial charge in [-0.15, -0.1) is 0 Å². The van der Waals surface area contributed by atoms with E-state index in [-0.39, 0.29) is 11.8 Å². The molecule has 1 aromatic carbocycles. The van der Waals surface area contributed by atoms with Gasteiger partial charge in [0.2, 0.25) is 5.91 Å². The van der Waals surface area contributed by atoms with Crippen molar-refractivity contribution in [3.63, 3.8) is 0 Å². The zero-order chi connectivity index (χ0) is 16.8. The van der Waals surface area contributed by atoms with Crippen molar-refractivity contribution in [1.29, 1.82) is 0 Å². The topological polar surface area (TPSA) is 45.2 Å². The molecule has 2 heterocycles. The minimum Gasteiger partial charge on any atom is -0.372 e. The summed E-state index contributed by atoms with van der Waals surface area (Å²) in [6.45, 7) is 4.33. The summed E-state index contributed by atoms with van der Waals surface area (Å²) in [5, 5.41) is 3.00. The van der Waals surface area contributed by atoms with E-state index in [0.717, 1.165) is 24.3 Å². The van der Waals surface area contributed by atoms with E-state index in [1.54, 1.807) is 12.4 Å². The summed E-state index contributed by atoms with van der Waals surface area (Å²) in [5.41, 5.74) is 3.25. The molecule has 126 valence electrons. The van der Waals surface area contributed by atoms with Gasteiger partial charge in [-0.1, -0.05) is 6.92 Å². The van der Waals surface area contributed by atoms with Gasteiger partial charge >= 0.3 is 0 Å². The van der Waals surface area contributed by atoms with E-state index in [1.165, 1.54) is 24.9 Å². The van der Waals surface area contributed by atoms with Crippen LogP contribution in [0.3, 0.4) is 0 Å². The normalized spacial score (nSPS) is 15.8. The molecule has 0 spiro atoms. The highest BCUT2D eigenvalue weighted by Gasteiger charge is 2.13. The molecule has 1 N–H and O–H groups in total. The van der Waals surface area contributed by atoms with Gasteiger partial charge in [0, 0.05) is 43.3 Å². The number of pyridine rings is 1. The first-order chi connectivity index (χ1) is 11.7. The second-order valence-corrected chi connectivity index (χ2v) is 6.53. The lowest BCUT2D eigenvalue weighted by atomic mass is 9.98. The highest BCUT2D eigenvalue weighted by Crippen LogP contribution is 2.23. The lowest BCUT2D eigenvalue weighted by molar-refractivity contribution is -0.116. The van der Waals surface area contributed by atoms with Crippen molar-refractivity contribution in [1.82, 2.24) is 4.98 Å². The van der Waals surface area contributed by atoms with Crippen molar-refractivity contribution in [3.8, 4) is 0 Å². The van der Waals surface area contributed by atoms with Crippen LogP contribution in [0.5, 0.6) is 0 Å². The van der Waals surface area contributed by atoms with Gasteiger partial charge in [-0.3, -0.25) is 9.78 Å². The fourth-order valence-corrected chi connectivity index (χ4v) is 3.21. The van der Waals surface area contributed by atoms with Crippen LogP contribution in [0.2, 0.25) is 0 Å². The first kappa shape index (κ1) is 16.5. The maximum Gasteiger partial charge on any atom is 0.224 e. The fraction of sp³-hybridized carbons (Fsp3) is 0.400. The summed E-state index contributed by atoms with van der Waals surface area (Å²) in [4.78, 5) is 18.7. The molecule has 4 nitrogen and oxygen atoms in total. The first-order valence-corrected chi connectivity index (χ1v) is 8.77. The van der Waals surface area contributed by atoms with Crippen LogP contribution in [-0.2, 0) is 4.79 Å². The van der Waals surface area contributed by atoms with Crippen LogP contribution in [0.1, 0.15) is 44.1 Å². The number of carbonyl (C=O) groups excluding carboxylic acids is 1. The molecule has 1 aliphatic heterocycles. The maximum atomic E-state index is 12.2. The second-order valence-electron chi connectivity index (χ2n) is 6.53. The summed E-state index contributed by atoms with van der Waals surface area (Å²) in [7, 11) is 0. The molecular weight excluding hydrogens is 298 g/mol. The number of rotatable bonds is 5. The fourth-order valence-electron chi connectivity index (χ4n) is 3.21. The van der Waals surface area contributed by atoms with Gasteiger partial charge in [0.05, 0.1) is 0 Å². The third-order valence-electron chi connectivity index (χ3n) is 4.64. The smallest absolute Gasteiger partial charge is 0.224 e. The van der Waals surface area contributed by atoms with Gasteiger partial charge in [-0.2, -0.15) is 0 Å². The number of hydrogen-bond acceptors (Lipinski definition) is 3. The molecule has 1 saturated heterocycles. The number of amides is 1. The Hall–Kier alpha value is -2.36. The van der Waals surface area contributed by atoms with Crippen LogP contribution in [-0.4, -0.2) is 24.0 Å². The molecule has 0 aliphatic carbocycles. The summed E-state index contributed by atoms with van der Waals surface area (Å²) >= 11 is 0. The molecule has 0 saturated carbocycles. The highest BCUT2D eigenvalue weighted by atomic mass is 16.1. The molecule has 1 fully saturated rings. The minimum atomic E-state index is 0.0463. The molecule has 1 aromatic heterocycles. The van der Waals surface area contributed by atoms with E-state index < -0.39 is 0 Å². The lowest BCUT2D eigenvalue weighted by Gasteiger charge is -2.28. The molecule has 0 radical (unpaired) electrons. The Morgan fingerprint density at radius 1 is 1.08 bits per heavy atom. The summed E-state index contributed by atoms with van der Waals surface area (Å²) in [5.74, 6) is 0.227. The SMILES string of the molecule is C[C@@H](CC(=O)Nc1ccc(N2CCCCC2)cc1)c1ccncc1.